The summed E-state index contributed by atoms with van der Waals surface area (Å²) in [7, 11) is 0. The van der Waals surface area contributed by atoms with Crippen LogP contribution in [0, 0.1) is 0 Å². The standard InChI is InChI=1S/C20H20N2O3/c23-19(12-7-13-20(24)25)22-18(16-10-5-2-6-11-16)14-17(21-22)15-8-3-1-4-9-15/h1-6,8-11,18H,7,12-14H2,(H,24,25). The first-order valence-electron chi connectivity index (χ1n) is 8.37. The number of benzene rings is 2. The highest BCUT2D eigenvalue weighted by Crippen LogP contribution is 2.33. The molecule has 2 aromatic rings. The summed E-state index contributed by atoms with van der Waals surface area (Å²) in [6, 6.07) is 19.5. The average Bonchev–Trinajstić information content (AvgIpc) is 3.08. The Morgan fingerprint density at radius 1 is 1.00 bits per heavy atom. The molecule has 2 aromatic carbocycles. The number of carbonyl (C=O) groups is 2. The Balaban J connectivity index is 1.82. The van der Waals surface area contributed by atoms with E-state index < -0.39 is 5.97 Å². The number of aliphatic carboxylic acids is 1. The topological polar surface area (TPSA) is 70.0 Å². The Bertz CT molecular complexity index is 772. The van der Waals surface area contributed by atoms with Gasteiger partial charge in [-0.05, 0) is 17.5 Å². The van der Waals surface area contributed by atoms with E-state index >= 15 is 0 Å². The summed E-state index contributed by atoms with van der Waals surface area (Å²) in [5.74, 6) is -1.02. The number of nitrogens with zero attached hydrogens (tertiary/aromatic N) is 2. The molecule has 1 amide bonds. The number of hydrogen-bond donors (Lipinski definition) is 1. The van der Waals surface area contributed by atoms with Crippen molar-refractivity contribution in [2.45, 2.75) is 31.7 Å². The molecule has 128 valence electrons. The minimum absolute atomic E-state index is 0.00909. The van der Waals surface area contributed by atoms with Crippen molar-refractivity contribution in [1.29, 1.82) is 0 Å². The molecular formula is C20H20N2O3. The Morgan fingerprint density at radius 3 is 2.28 bits per heavy atom. The Kier molecular flexibility index (Phi) is 5.23. The lowest BCUT2D eigenvalue weighted by Crippen LogP contribution is -2.26. The third-order valence-corrected chi connectivity index (χ3v) is 4.24. The molecule has 1 aliphatic heterocycles. The molecule has 0 radical (unpaired) electrons. The van der Waals surface area contributed by atoms with Gasteiger partial charge in [-0.25, -0.2) is 5.01 Å². The predicted octanol–water partition coefficient (Wildman–Crippen LogP) is 3.62. The van der Waals surface area contributed by atoms with Crippen molar-refractivity contribution < 1.29 is 14.7 Å². The van der Waals surface area contributed by atoms with Gasteiger partial charge in [0.1, 0.15) is 0 Å². The van der Waals surface area contributed by atoms with E-state index in [-0.39, 0.29) is 24.8 Å². The van der Waals surface area contributed by atoms with Gasteiger partial charge in [0.15, 0.2) is 0 Å². The van der Waals surface area contributed by atoms with E-state index in [1.807, 2.05) is 60.7 Å². The summed E-state index contributed by atoms with van der Waals surface area (Å²) in [6.07, 6.45) is 1.15. The van der Waals surface area contributed by atoms with Gasteiger partial charge in [0.05, 0.1) is 11.8 Å². The van der Waals surface area contributed by atoms with E-state index in [4.69, 9.17) is 5.11 Å². The molecule has 0 aliphatic carbocycles. The monoisotopic (exact) mass is 336 g/mol. The van der Waals surface area contributed by atoms with Crippen LogP contribution in [0.25, 0.3) is 0 Å². The Morgan fingerprint density at radius 2 is 1.64 bits per heavy atom. The minimum Gasteiger partial charge on any atom is -0.481 e. The first-order valence-corrected chi connectivity index (χ1v) is 8.37. The maximum Gasteiger partial charge on any atom is 0.303 e. The van der Waals surface area contributed by atoms with Crippen molar-refractivity contribution in [1.82, 2.24) is 5.01 Å². The van der Waals surface area contributed by atoms with Crippen LogP contribution in [0.5, 0.6) is 0 Å². The van der Waals surface area contributed by atoms with Gasteiger partial charge in [0, 0.05) is 19.3 Å². The van der Waals surface area contributed by atoms with Crippen LogP contribution < -0.4 is 0 Å². The quantitative estimate of drug-likeness (QED) is 0.876. The summed E-state index contributed by atoms with van der Waals surface area (Å²) < 4.78 is 0. The molecule has 0 bridgehead atoms. The van der Waals surface area contributed by atoms with E-state index in [2.05, 4.69) is 5.10 Å². The van der Waals surface area contributed by atoms with Gasteiger partial charge >= 0.3 is 5.97 Å². The number of carboxylic acids is 1. The molecule has 25 heavy (non-hydrogen) atoms. The largest absolute Gasteiger partial charge is 0.481 e. The maximum atomic E-state index is 12.6. The van der Waals surface area contributed by atoms with Crippen molar-refractivity contribution in [2.24, 2.45) is 5.10 Å². The molecule has 1 heterocycles. The molecule has 1 N–H and O–H groups in total. The van der Waals surface area contributed by atoms with Gasteiger partial charge in [-0.15, -0.1) is 0 Å². The third kappa shape index (κ3) is 4.12. The zero-order chi connectivity index (χ0) is 17.6. The molecule has 0 fully saturated rings. The first kappa shape index (κ1) is 16.9. The summed E-state index contributed by atoms with van der Waals surface area (Å²) in [5.41, 5.74) is 2.91. The van der Waals surface area contributed by atoms with Gasteiger partial charge in [0.25, 0.3) is 0 Å². The predicted molar refractivity (Wildman–Crippen MR) is 95.1 cm³/mol. The number of hydrazone groups is 1. The second-order valence-electron chi connectivity index (χ2n) is 6.03. The molecule has 3 rings (SSSR count). The molecule has 5 nitrogen and oxygen atoms in total. The summed E-state index contributed by atoms with van der Waals surface area (Å²) in [5, 5.41) is 14.9. The third-order valence-electron chi connectivity index (χ3n) is 4.24. The van der Waals surface area contributed by atoms with Crippen molar-refractivity contribution >= 4 is 17.6 Å². The molecule has 0 aromatic heterocycles. The van der Waals surface area contributed by atoms with E-state index in [9.17, 15) is 9.59 Å². The highest BCUT2D eigenvalue weighted by atomic mass is 16.4. The van der Waals surface area contributed by atoms with Crippen LogP contribution in [0.1, 0.15) is 42.9 Å². The summed E-state index contributed by atoms with van der Waals surface area (Å²) in [4.78, 5) is 23.3. The number of rotatable bonds is 6. The van der Waals surface area contributed by atoms with Crippen LogP contribution in [-0.2, 0) is 9.59 Å². The van der Waals surface area contributed by atoms with Crippen LogP contribution in [0.3, 0.4) is 0 Å². The van der Waals surface area contributed by atoms with Crippen LogP contribution in [0.4, 0.5) is 0 Å². The number of carbonyl (C=O) groups excluding carboxylic acids is 1. The summed E-state index contributed by atoms with van der Waals surface area (Å²) >= 11 is 0. The van der Waals surface area contributed by atoms with Crippen molar-refractivity contribution in [2.75, 3.05) is 0 Å². The van der Waals surface area contributed by atoms with E-state index in [0.29, 0.717) is 12.8 Å². The van der Waals surface area contributed by atoms with Crippen LogP contribution in [0.15, 0.2) is 65.8 Å². The number of carboxylic acid groups (broad SMARTS) is 1. The van der Waals surface area contributed by atoms with Gasteiger partial charge in [-0.3, -0.25) is 9.59 Å². The molecule has 0 saturated heterocycles. The maximum absolute atomic E-state index is 12.6. The molecule has 0 spiro atoms. The second-order valence-corrected chi connectivity index (χ2v) is 6.03. The van der Waals surface area contributed by atoms with Crippen LogP contribution >= 0.6 is 0 Å². The smallest absolute Gasteiger partial charge is 0.303 e. The van der Waals surface area contributed by atoms with Gasteiger partial charge < -0.3 is 5.11 Å². The number of amides is 1. The number of hydrogen-bond acceptors (Lipinski definition) is 3. The van der Waals surface area contributed by atoms with Gasteiger partial charge in [-0.2, -0.15) is 5.10 Å². The fourth-order valence-corrected chi connectivity index (χ4v) is 2.99. The zero-order valence-electron chi connectivity index (χ0n) is 13.8. The zero-order valence-corrected chi connectivity index (χ0v) is 13.8. The van der Waals surface area contributed by atoms with Crippen molar-refractivity contribution in [3.05, 3.63) is 71.8 Å². The van der Waals surface area contributed by atoms with Gasteiger partial charge in [-0.1, -0.05) is 60.7 Å². The summed E-state index contributed by atoms with van der Waals surface area (Å²) in [6.45, 7) is 0. The van der Waals surface area contributed by atoms with Crippen molar-refractivity contribution in [3.8, 4) is 0 Å². The van der Waals surface area contributed by atoms with E-state index in [1.165, 1.54) is 5.01 Å². The molecule has 1 atom stereocenters. The Hall–Kier alpha value is -2.95. The fraction of sp³-hybridized carbons (Fsp3) is 0.250. The first-order chi connectivity index (χ1) is 12.1. The molecule has 1 unspecified atom stereocenters. The SMILES string of the molecule is O=C(O)CCCC(=O)N1N=C(c2ccccc2)CC1c1ccccc1. The normalized spacial score (nSPS) is 16.6. The lowest BCUT2D eigenvalue weighted by atomic mass is 9.98. The Labute approximate surface area is 146 Å². The lowest BCUT2D eigenvalue weighted by Gasteiger charge is -2.22. The van der Waals surface area contributed by atoms with Crippen LogP contribution in [0.2, 0.25) is 0 Å². The van der Waals surface area contributed by atoms with Crippen molar-refractivity contribution in [3.63, 3.8) is 0 Å². The lowest BCUT2D eigenvalue weighted by molar-refractivity contribution is -0.137. The molecule has 0 saturated carbocycles. The van der Waals surface area contributed by atoms with Crippen LogP contribution in [-0.4, -0.2) is 27.7 Å². The highest BCUT2D eigenvalue weighted by Gasteiger charge is 2.32. The molecular weight excluding hydrogens is 316 g/mol. The second kappa shape index (κ2) is 7.75. The van der Waals surface area contributed by atoms with Gasteiger partial charge in [0.2, 0.25) is 5.91 Å². The fourth-order valence-electron chi connectivity index (χ4n) is 2.99. The highest BCUT2D eigenvalue weighted by molar-refractivity contribution is 6.03. The average molecular weight is 336 g/mol. The van der Waals surface area contributed by atoms with E-state index in [1.54, 1.807) is 0 Å². The molecule has 1 aliphatic rings. The molecule has 5 heteroatoms. The van der Waals surface area contributed by atoms with E-state index in [0.717, 1.165) is 16.8 Å². The minimum atomic E-state index is -0.887.